The highest BCUT2D eigenvalue weighted by Gasteiger charge is 2.29. The number of thiophene rings is 1. The third-order valence-corrected chi connectivity index (χ3v) is 6.96. The summed E-state index contributed by atoms with van der Waals surface area (Å²) in [6.45, 7) is 1.52. The molecule has 2 aromatic carbocycles. The van der Waals surface area contributed by atoms with E-state index in [1.165, 1.54) is 11.3 Å². The van der Waals surface area contributed by atoms with Gasteiger partial charge in [0.1, 0.15) is 22.2 Å². The number of rotatable bonds is 6. The second-order valence-corrected chi connectivity index (χ2v) is 8.80. The van der Waals surface area contributed by atoms with E-state index in [0.717, 1.165) is 52.4 Å². The Kier molecular flexibility index (Phi) is 5.68. The highest BCUT2D eigenvalue weighted by molar-refractivity contribution is 7.17. The van der Waals surface area contributed by atoms with Gasteiger partial charge in [0.05, 0.1) is 26.2 Å². The molecule has 6 nitrogen and oxygen atoms in total. The number of fused-ring (bicyclic) bond motifs is 1. The summed E-state index contributed by atoms with van der Waals surface area (Å²) in [4.78, 5) is 24.0. The summed E-state index contributed by atoms with van der Waals surface area (Å²) in [5.41, 5.74) is 2.99. The molecule has 7 heteroatoms. The zero-order valence-electron chi connectivity index (χ0n) is 18.1. The largest absolute Gasteiger partial charge is 0.497 e. The van der Waals surface area contributed by atoms with Crippen LogP contribution in [0.2, 0.25) is 0 Å². The molecule has 0 amide bonds. The molecule has 4 aromatic rings. The van der Waals surface area contributed by atoms with Crippen molar-refractivity contribution in [2.75, 3.05) is 20.8 Å². The molecule has 1 fully saturated rings. The van der Waals surface area contributed by atoms with E-state index in [9.17, 15) is 4.79 Å². The van der Waals surface area contributed by atoms with E-state index in [1.54, 1.807) is 14.2 Å². The van der Waals surface area contributed by atoms with Gasteiger partial charge in [-0.3, -0.25) is 9.69 Å². The summed E-state index contributed by atoms with van der Waals surface area (Å²) in [5.74, 6) is 2.36. The molecule has 1 aliphatic rings. The third-order valence-electron chi connectivity index (χ3n) is 6.09. The molecule has 1 N–H and O–H groups in total. The Morgan fingerprint density at radius 3 is 2.78 bits per heavy atom. The molecule has 1 aliphatic heterocycles. The Balaban J connectivity index is 1.46. The number of nitrogens with zero attached hydrogens (tertiary/aromatic N) is 2. The molecule has 0 radical (unpaired) electrons. The topological polar surface area (TPSA) is 67.5 Å². The molecule has 1 saturated heterocycles. The third kappa shape index (κ3) is 3.78. The Labute approximate surface area is 190 Å². The Morgan fingerprint density at radius 2 is 2.00 bits per heavy atom. The molecular weight excluding hydrogens is 422 g/mol. The summed E-state index contributed by atoms with van der Waals surface area (Å²) >= 11 is 1.52. The van der Waals surface area contributed by atoms with Crippen LogP contribution >= 0.6 is 11.3 Å². The van der Waals surface area contributed by atoms with Gasteiger partial charge in [0, 0.05) is 22.5 Å². The maximum absolute atomic E-state index is 13.0. The standard InChI is InChI=1S/C25H25N3O3S/c1-30-17-10-11-21(31-2)18(13-17)20-9-6-12-28(20)14-22-26-24(29)23-19(15-32-25(23)27-22)16-7-4-3-5-8-16/h3-5,7-8,10-11,13,15,20H,6,9,12,14H2,1-2H3,(H,26,27,29)/t20-/m0/s1. The van der Waals surface area contributed by atoms with E-state index in [1.807, 2.05) is 53.9 Å². The lowest BCUT2D eigenvalue weighted by Gasteiger charge is -2.26. The predicted octanol–water partition coefficient (Wildman–Crippen LogP) is 5.01. The number of likely N-dealkylation sites (tertiary alicyclic amines) is 1. The molecule has 2 aromatic heterocycles. The predicted molar refractivity (Wildman–Crippen MR) is 128 cm³/mol. The summed E-state index contributed by atoms with van der Waals surface area (Å²) in [7, 11) is 3.37. The molecule has 164 valence electrons. The molecule has 0 bridgehead atoms. The Morgan fingerprint density at radius 1 is 1.16 bits per heavy atom. The lowest BCUT2D eigenvalue weighted by Crippen LogP contribution is -2.26. The number of aromatic amines is 1. The molecule has 0 aliphatic carbocycles. The van der Waals surface area contributed by atoms with Crippen molar-refractivity contribution in [2.45, 2.75) is 25.4 Å². The maximum atomic E-state index is 13.0. The van der Waals surface area contributed by atoms with Gasteiger partial charge >= 0.3 is 0 Å². The van der Waals surface area contributed by atoms with Crippen molar-refractivity contribution in [1.82, 2.24) is 14.9 Å². The van der Waals surface area contributed by atoms with Gasteiger partial charge in [0.2, 0.25) is 0 Å². The molecule has 5 rings (SSSR count). The maximum Gasteiger partial charge on any atom is 0.260 e. The van der Waals surface area contributed by atoms with Gasteiger partial charge < -0.3 is 14.5 Å². The average molecular weight is 448 g/mol. The highest BCUT2D eigenvalue weighted by Crippen LogP contribution is 2.39. The van der Waals surface area contributed by atoms with Crippen LogP contribution in [0.3, 0.4) is 0 Å². The second-order valence-electron chi connectivity index (χ2n) is 7.94. The van der Waals surface area contributed by atoms with Crippen LogP contribution in [0.5, 0.6) is 11.5 Å². The molecule has 0 saturated carbocycles. The lowest BCUT2D eigenvalue weighted by atomic mass is 10.0. The second kappa shape index (κ2) is 8.76. The molecular formula is C25H25N3O3S. The van der Waals surface area contributed by atoms with E-state index in [2.05, 4.69) is 9.88 Å². The number of aromatic nitrogens is 2. The van der Waals surface area contributed by atoms with Gasteiger partial charge in [-0.2, -0.15) is 0 Å². The fraction of sp³-hybridized carbons (Fsp3) is 0.280. The minimum absolute atomic E-state index is 0.0835. The van der Waals surface area contributed by atoms with Crippen LogP contribution in [-0.2, 0) is 6.54 Å². The number of hydrogen-bond donors (Lipinski definition) is 1. The molecule has 32 heavy (non-hydrogen) atoms. The Bertz CT molecular complexity index is 1300. The molecule has 0 unspecified atom stereocenters. The monoisotopic (exact) mass is 447 g/mol. The van der Waals surface area contributed by atoms with Gasteiger partial charge in [0.25, 0.3) is 5.56 Å². The summed E-state index contributed by atoms with van der Waals surface area (Å²) < 4.78 is 11.1. The van der Waals surface area contributed by atoms with Crippen LogP contribution in [-0.4, -0.2) is 35.6 Å². The molecule has 1 atom stereocenters. The van der Waals surface area contributed by atoms with Crippen LogP contribution in [0, 0.1) is 0 Å². The SMILES string of the molecule is COc1ccc(OC)c([C@@H]2CCCN2Cc2nc3scc(-c4ccccc4)c3c(=O)[nH]2)c1. The average Bonchev–Trinajstić information content (AvgIpc) is 3.46. The first-order valence-corrected chi connectivity index (χ1v) is 11.6. The number of nitrogens with one attached hydrogen (secondary N) is 1. The van der Waals surface area contributed by atoms with E-state index in [0.29, 0.717) is 17.8 Å². The summed E-state index contributed by atoms with van der Waals surface area (Å²) in [5, 5.41) is 2.68. The number of methoxy groups -OCH3 is 2. The fourth-order valence-electron chi connectivity index (χ4n) is 4.56. The van der Waals surface area contributed by atoms with Crippen LogP contribution in [0.25, 0.3) is 21.3 Å². The first-order chi connectivity index (χ1) is 15.7. The van der Waals surface area contributed by atoms with Crippen molar-refractivity contribution >= 4 is 21.6 Å². The molecule has 3 heterocycles. The first-order valence-electron chi connectivity index (χ1n) is 10.7. The van der Waals surface area contributed by atoms with Gasteiger partial charge in [0.15, 0.2) is 0 Å². The fourth-order valence-corrected chi connectivity index (χ4v) is 5.53. The lowest BCUT2D eigenvalue weighted by molar-refractivity contribution is 0.236. The summed E-state index contributed by atoms with van der Waals surface area (Å²) in [6.07, 6.45) is 2.10. The van der Waals surface area contributed by atoms with Crippen molar-refractivity contribution in [1.29, 1.82) is 0 Å². The van der Waals surface area contributed by atoms with Gasteiger partial charge in [-0.15, -0.1) is 11.3 Å². The zero-order valence-corrected chi connectivity index (χ0v) is 18.9. The number of benzene rings is 2. The Hall–Kier alpha value is -3.16. The van der Waals surface area contributed by atoms with Crippen molar-refractivity contribution in [3.8, 4) is 22.6 Å². The van der Waals surface area contributed by atoms with E-state index in [-0.39, 0.29) is 11.6 Å². The number of hydrogen-bond acceptors (Lipinski definition) is 6. The quantitative estimate of drug-likeness (QED) is 0.450. The van der Waals surface area contributed by atoms with Crippen molar-refractivity contribution < 1.29 is 9.47 Å². The number of H-pyrrole nitrogens is 1. The summed E-state index contributed by atoms with van der Waals surface area (Å²) in [6, 6.07) is 16.1. The van der Waals surface area contributed by atoms with Crippen molar-refractivity contribution in [3.05, 3.63) is 75.7 Å². The minimum atomic E-state index is -0.0835. The van der Waals surface area contributed by atoms with Crippen LogP contribution in [0.4, 0.5) is 0 Å². The van der Waals surface area contributed by atoms with E-state index >= 15 is 0 Å². The van der Waals surface area contributed by atoms with Crippen LogP contribution in [0.15, 0.2) is 58.7 Å². The van der Waals surface area contributed by atoms with Crippen LogP contribution < -0.4 is 15.0 Å². The highest BCUT2D eigenvalue weighted by atomic mass is 32.1. The smallest absolute Gasteiger partial charge is 0.260 e. The van der Waals surface area contributed by atoms with Gasteiger partial charge in [-0.25, -0.2) is 4.98 Å². The van der Waals surface area contributed by atoms with Gasteiger partial charge in [-0.05, 0) is 43.1 Å². The van der Waals surface area contributed by atoms with Crippen molar-refractivity contribution in [2.24, 2.45) is 0 Å². The van der Waals surface area contributed by atoms with Gasteiger partial charge in [-0.1, -0.05) is 30.3 Å². The normalized spacial score (nSPS) is 16.5. The van der Waals surface area contributed by atoms with E-state index < -0.39 is 0 Å². The zero-order chi connectivity index (χ0) is 22.1. The number of ether oxygens (including phenoxy) is 2. The first kappa shape index (κ1) is 20.7. The van der Waals surface area contributed by atoms with Crippen LogP contribution in [0.1, 0.15) is 30.3 Å². The molecule has 0 spiro atoms. The van der Waals surface area contributed by atoms with E-state index in [4.69, 9.17) is 14.5 Å². The minimum Gasteiger partial charge on any atom is -0.497 e. The van der Waals surface area contributed by atoms with Crippen molar-refractivity contribution in [3.63, 3.8) is 0 Å².